The molecular formula is C21H22N4S. The third-order valence-electron chi connectivity index (χ3n) is 4.51. The van der Waals surface area contributed by atoms with Gasteiger partial charge < -0.3 is 0 Å². The standard InChI is InChI=1S/C21H22N4S/c1-21(2,3)17-12-10-16(11-13-17)19-22-23-20-25(19)24-18(26-20)14-9-15-7-5-4-6-8-15/h4-8,10-13H,9,14H2,1-3H3. The first-order valence-electron chi connectivity index (χ1n) is 8.87. The zero-order valence-corrected chi connectivity index (χ0v) is 16.1. The normalized spacial score (nSPS) is 12.0. The maximum absolute atomic E-state index is 4.75. The highest BCUT2D eigenvalue weighted by Crippen LogP contribution is 2.26. The number of fused-ring (bicyclic) bond motifs is 1. The number of aryl methyl sites for hydroxylation is 2. The van der Waals surface area contributed by atoms with Crippen molar-refractivity contribution in [3.05, 3.63) is 70.7 Å². The van der Waals surface area contributed by atoms with E-state index in [1.165, 1.54) is 11.1 Å². The second kappa shape index (κ2) is 6.65. The minimum absolute atomic E-state index is 0.143. The Morgan fingerprint density at radius 3 is 2.31 bits per heavy atom. The molecule has 0 unspecified atom stereocenters. The second-order valence-corrected chi connectivity index (χ2v) is 8.57. The van der Waals surface area contributed by atoms with Crippen molar-refractivity contribution in [2.75, 3.05) is 0 Å². The summed E-state index contributed by atoms with van der Waals surface area (Å²) in [6, 6.07) is 19.1. The fraction of sp³-hybridized carbons (Fsp3) is 0.286. The van der Waals surface area contributed by atoms with Gasteiger partial charge in [0.2, 0.25) is 4.96 Å². The zero-order valence-electron chi connectivity index (χ0n) is 15.3. The highest BCUT2D eigenvalue weighted by atomic mass is 32.1. The van der Waals surface area contributed by atoms with Gasteiger partial charge in [-0.05, 0) is 23.0 Å². The van der Waals surface area contributed by atoms with Crippen LogP contribution in [0.25, 0.3) is 16.3 Å². The predicted octanol–water partition coefficient (Wildman–Crippen LogP) is 4.94. The molecule has 0 aliphatic carbocycles. The lowest BCUT2D eigenvalue weighted by molar-refractivity contribution is 0.590. The summed E-state index contributed by atoms with van der Waals surface area (Å²) in [5.41, 5.74) is 3.83. The summed E-state index contributed by atoms with van der Waals surface area (Å²) < 4.78 is 1.87. The zero-order chi connectivity index (χ0) is 18.1. The number of hydrogen-bond donors (Lipinski definition) is 0. The molecule has 4 aromatic rings. The van der Waals surface area contributed by atoms with Crippen molar-refractivity contribution >= 4 is 16.3 Å². The largest absolute Gasteiger partial charge is 0.234 e. The first-order valence-corrected chi connectivity index (χ1v) is 9.68. The topological polar surface area (TPSA) is 43.1 Å². The highest BCUT2D eigenvalue weighted by Gasteiger charge is 2.16. The average molecular weight is 363 g/mol. The Morgan fingerprint density at radius 1 is 0.885 bits per heavy atom. The maximum atomic E-state index is 4.75. The molecule has 4 nitrogen and oxygen atoms in total. The van der Waals surface area contributed by atoms with Gasteiger partial charge in [-0.3, -0.25) is 0 Å². The van der Waals surface area contributed by atoms with E-state index in [2.05, 4.69) is 79.5 Å². The van der Waals surface area contributed by atoms with Gasteiger partial charge in [-0.1, -0.05) is 86.7 Å². The van der Waals surface area contributed by atoms with Crippen molar-refractivity contribution in [3.63, 3.8) is 0 Å². The molecule has 132 valence electrons. The molecule has 0 N–H and O–H groups in total. The van der Waals surface area contributed by atoms with E-state index in [1.807, 2.05) is 10.6 Å². The lowest BCUT2D eigenvalue weighted by atomic mass is 9.87. The van der Waals surface area contributed by atoms with Crippen LogP contribution in [0.2, 0.25) is 0 Å². The van der Waals surface area contributed by atoms with Crippen molar-refractivity contribution in [3.8, 4) is 11.4 Å². The molecule has 0 fully saturated rings. The molecule has 0 aliphatic rings. The van der Waals surface area contributed by atoms with Crippen LogP contribution in [0.5, 0.6) is 0 Å². The molecule has 0 saturated heterocycles. The summed E-state index contributed by atoms with van der Waals surface area (Å²) in [5.74, 6) is 0.808. The Labute approximate surface area is 157 Å². The van der Waals surface area contributed by atoms with E-state index in [4.69, 9.17) is 5.10 Å². The first-order chi connectivity index (χ1) is 12.5. The van der Waals surface area contributed by atoms with E-state index < -0.39 is 0 Å². The van der Waals surface area contributed by atoms with Gasteiger partial charge in [0.15, 0.2) is 5.82 Å². The van der Waals surface area contributed by atoms with Gasteiger partial charge in [-0.25, -0.2) is 0 Å². The number of nitrogens with zero attached hydrogens (tertiary/aromatic N) is 4. The maximum Gasteiger partial charge on any atom is 0.234 e. The Balaban J connectivity index is 1.58. The SMILES string of the molecule is CC(C)(C)c1ccc(-c2nnc3sc(CCc4ccccc4)nn23)cc1. The van der Waals surface area contributed by atoms with Crippen molar-refractivity contribution in [2.24, 2.45) is 0 Å². The van der Waals surface area contributed by atoms with Crippen LogP contribution in [-0.2, 0) is 18.3 Å². The number of rotatable bonds is 4. The monoisotopic (exact) mass is 362 g/mol. The summed E-state index contributed by atoms with van der Waals surface area (Å²) in [6.45, 7) is 6.66. The molecule has 26 heavy (non-hydrogen) atoms. The third kappa shape index (κ3) is 3.40. The van der Waals surface area contributed by atoms with Crippen molar-refractivity contribution in [1.82, 2.24) is 19.8 Å². The van der Waals surface area contributed by atoms with Crippen LogP contribution in [-0.4, -0.2) is 19.8 Å². The molecule has 4 rings (SSSR count). The summed E-state index contributed by atoms with van der Waals surface area (Å²) >= 11 is 1.62. The molecular weight excluding hydrogens is 340 g/mol. The van der Waals surface area contributed by atoms with Crippen molar-refractivity contribution in [1.29, 1.82) is 0 Å². The van der Waals surface area contributed by atoms with Crippen LogP contribution in [0.4, 0.5) is 0 Å². The molecule has 0 amide bonds. The molecule has 5 heteroatoms. The van der Waals surface area contributed by atoms with Gasteiger partial charge in [0.05, 0.1) is 0 Å². The Hall–Kier alpha value is -2.53. The molecule has 0 radical (unpaired) electrons. The van der Waals surface area contributed by atoms with Gasteiger partial charge in [0.25, 0.3) is 0 Å². The van der Waals surface area contributed by atoms with Gasteiger partial charge in [0, 0.05) is 12.0 Å². The molecule has 2 heterocycles. The predicted molar refractivity (Wildman–Crippen MR) is 107 cm³/mol. The third-order valence-corrected chi connectivity index (χ3v) is 5.47. The molecule has 0 spiro atoms. The molecule has 2 aromatic carbocycles. The lowest BCUT2D eigenvalue weighted by Gasteiger charge is -2.18. The highest BCUT2D eigenvalue weighted by molar-refractivity contribution is 7.16. The smallest absolute Gasteiger partial charge is 0.183 e. The fourth-order valence-electron chi connectivity index (χ4n) is 2.95. The molecule has 0 atom stereocenters. The lowest BCUT2D eigenvalue weighted by Crippen LogP contribution is -2.10. The Kier molecular flexibility index (Phi) is 4.32. The number of benzene rings is 2. The second-order valence-electron chi connectivity index (χ2n) is 7.53. The minimum Gasteiger partial charge on any atom is -0.183 e. The van der Waals surface area contributed by atoms with Gasteiger partial charge in [-0.2, -0.15) is 9.61 Å². The Bertz CT molecular complexity index is 1010. The van der Waals surface area contributed by atoms with Crippen LogP contribution in [0.1, 0.15) is 36.9 Å². The van der Waals surface area contributed by atoms with E-state index in [0.29, 0.717) is 0 Å². The van der Waals surface area contributed by atoms with Crippen LogP contribution < -0.4 is 0 Å². The number of hydrogen-bond acceptors (Lipinski definition) is 4. The van der Waals surface area contributed by atoms with Gasteiger partial charge in [-0.15, -0.1) is 10.2 Å². The van der Waals surface area contributed by atoms with Crippen LogP contribution in [0, 0.1) is 0 Å². The summed E-state index contributed by atoms with van der Waals surface area (Å²) in [5, 5.41) is 14.5. The molecule has 0 aliphatic heterocycles. The quantitative estimate of drug-likeness (QED) is 0.517. The number of aromatic nitrogens is 4. The van der Waals surface area contributed by atoms with E-state index >= 15 is 0 Å². The van der Waals surface area contributed by atoms with E-state index in [-0.39, 0.29) is 5.41 Å². The first kappa shape index (κ1) is 16.9. The van der Waals surface area contributed by atoms with E-state index in [0.717, 1.165) is 34.2 Å². The average Bonchev–Trinajstić information content (AvgIpc) is 3.20. The van der Waals surface area contributed by atoms with Gasteiger partial charge in [0.1, 0.15) is 5.01 Å². The van der Waals surface area contributed by atoms with Crippen LogP contribution in [0.3, 0.4) is 0 Å². The summed E-state index contributed by atoms with van der Waals surface area (Å²) in [4.78, 5) is 0.850. The molecule has 0 saturated carbocycles. The van der Waals surface area contributed by atoms with Crippen molar-refractivity contribution in [2.45, 2.75) is 39.0 Å². The van der Waals surface area contributed by atoms with Gasteiger partial charge >= 0.3 is 0 Å². The van der Waals surface area contributed by atoms with E-state index in [9.17, 15) is 0 Å². The summed E-state index contributed by atoms with van der Waals surface area (Å²) in [6.07, 6.45) is 1.90. The Morgan fingerprint density at radius 2 is 1.62 bits per heavy atom. The van der Waals surface area contributed by atoms with E-state index in [1.54, 1.807) is 11.3 Å². The van der Waals surface area contributed by atoms with Crippen molar-refractivity contribution < 1.29 is 0 Å². The van der Waals surface area contributed by atoms with Crippen LogP contribution >= 0.6 is 11.3 Å². The summed E-state index contributed by atoms with van der Waals surface area (Å²) in [7, 11) is 0. The minimum atomic E-state index is 0.143. The molecule has 0 bridgehead atoms. The van der Waals surface area contributed by atoms with Crippen LogP contribution in [0.15, 0.2) is 54.6 Å². The fourth-order valence-corrected chi connectivity index (χ4v) is 3.79. The molecule has 2 aromatic heterocycles.